The normalized spacial score (nSPS) is 15.9. The van der Waals surface area contributed by atoms with E-state index in [0.717, 1.165) is 19.4 Å². The van der Waals surface area contributed by atoms with E-state index in [1.807, 2.05) is 7.05 Å². The Morgan fingerprint density at radius 1 is 1.19 bits per heavy atom. The third-order valence-electron chi connectivity index (χ3n) is 2.62. The quantitative estimate of drug-likeness (QED) is 0.593. The van der Waals surface area contributed by atoms with Crippen molar-refractivity contribution in [1.82, 2.24) is 5.32 Å². The minimum atomic E-state index is 0.294. The molecule has 3 nitrogen and oxygen atoms in total. The molecule has 0 aliphatic carbocycles. The van der Waals surface area contributed by atoms with Crippen LogP contribution in [0.2, 0.25) is 0 Å². The van der Waals surface area contributed by atoms with E-state index < -0.39 is 0 Å². The van der Waals surface area contributed by atoms with Gasteiger partial charge in [-0.05, 0) is 53.1 Å². The van der Waals surface area contributed by atoms with Crippen molar-refractivity contribution in [2.24, 2.45) is 11.7 Å². The Balaban J connectivity index is 3.69. The van der Waals surface area contributed by atoms with Gasteiger partial charge in [0.2, 0.25) is 0 Å². The van der Waals surface area contributed by atoms with E-state index in [4.69, 9.17) is 10.5 Å². The van der Waals surface area contributed by atoms with Crippen molar-refractivity contribution in [3.8, 4) is 0 Å². The Labute approximate surface area is 100 Å². The maximum absolute atomic E-state index is 5.70. The first-order valence-corrected chi connectivity index (χ1v) is 6.24. The second kappa shape index (κ2) is 9.82. The number of allylic oxidation sites excluding steroid dienone is 1. The summed E-state index contributed by atoms with van der Waals surface area (Å²) in [6.07, 6.45) is 6.81. The molecule has 96 valence electrons. The largest absolute Gasteiger partial charge is 0.378 e. The Morgan fingerprint density at radius 3 is 2.31 bits per heavy atom. The minimum absolute atomic E-state index is 0.294. The fraction of sp³-hybridized carbons (Fsp3) is 0.846. The highest BCUT2D eigenvalue weighted by atomic mass is 16.5. The molecule has 0 saturated heterocycles. The number of hydrogen-bond donors (Lipinski definition) is 2. The van der Waals surface area contributed by atoms with Gasteiger partial charge >= 0.3 is 0 Å². The number of nitrogens with two attached hydrogens (primary N) is 1. The summed E-state index contributed by atoms with van der Waals surface area (Å²) in [4.78, 5) is 0. The molecule has 0 aliphatic heterocycles. The van der Waals surface area contributed by atoms with Gasteiger partial charge in [-0.15, -0.1) is 0 Å². The van der Waals surface area contributed by atoms with Gasteiger partial charge in [-0.1, -0.05) is 12.2 Å². The van der Waals surface area contributed by atoms with Crippen LogP contribution in [0.3, 0.4) is 0 Å². The molecule has 2 unspecified atom stereocenters. The van der Waals surface area contributed by atoms with Crippen molar-refractivity contribution >= 4 is 0 Å². The van der Waals surface area contributed by atoms with E-state index in [1.165, 1.54) is 0 Å². The smallest absolute Gasteiger partial charge is 0.0519 e. The summed E-state index contributed by atoms with van der Waals surface area (Å²) in [6.45, 7) is 7.74. The molecule has 0 aliphatic rings. The molecule has 16 heavy (non-hydrogen) atoms. The summed E-state index contributed by atoms with van der Waals surface area (Å²) in [7, 11) is 1.98. The van der Waals surface area contributed by atoms with E-state index in [2.05, 4.69) is 38.2 Å². The van der Waals surface area contributed by atoms with E-state index in [-0.39, 0.29) is 0 Å². The molecule has 3 N–H and O–H groups in total. The highest BCUT2D eigenvalue weighted by Gasteiger charge is 2.05. The third kappa shape index (κ3) is 8.89. The molecule has 0 aromatic heterocycles. The zero-order chi connectivity index (χ0) is 12.4. The lowest BCUT2D eigenvalue weighted by molar-refractivity contribution is 0.0537. The van der Waals surface area contributed by atoms with Crippen LogP contribution < -0.4 is 11.1 Å². The van der Waals surface area contributed by atoms with Crippen molar-refractivity contribution in [2.45, 2.75) is 45.8 Å². The van der Waals surface area contributed by atoms with Crippen LogP contribution in [0.4, 0.5) is 0 Å². The standard InChI is InChI=1S/C13H28N2O/c1-11(2)16-10-13(9-14)8-6-5-7-12(3)15-4/h5-6,11-13,15H,7-10,14H2,1-4H3/b6-5+. The van der Waals surface area contributed by atoms with Crippen molar-refractivity contribution < 1.29 is 4.74 Å². The van der Waals surface area contributed by atoms with E-state index >= 15 is 0 Å². The average molecular weight is 228 g/mol. The van der Waals surface area contributed by atoms with Crippen LogP contribution in [-0.2, 0) is 4.74 Å². The van der Waals surface area contributed by atoms with Crippen LogP contribution in [-0.4, -0.2) is 32.3 Å². The highest BCUT2D eigenvalue weighted by Crippen LogP contribution is 2.05. The van der Waals surface area contributed by atoms with Gasteiger partial charge in [-0.25, -0.2) is 0 Å². The zero-order valence-electron chi connectivity index (χ0n) is 11.2. The Hall–Kier alpha value is -0.380. The molecule has 0 bridgehead atoms. The van der Waals surface area contributed by atoms with Crippen molar-refractivity contribution in [3.05, 3.63) is 12.2 Å². The number of hydrogen-bond acceptors (Lipinski definition) is 3. The molecule has 0 aromatic carbocycles. The summed E-state index contributed by atoms with van der Waals surface area (Å²) in [6, 6.07) is 0.541. The van der Waals surface area contributed by atoms with Gasteiger partial charge in [-0.3, -0.25) is 0 Å². The lowest BCUT2D eigenvalue weighted by Gasteiger charge is -2.15. The molecule has 0 heterocycles. The summed E-state index contributed by atoms with van der Waals surface area (Å²) in [5.41, 5.74) is 5.70. The summed E-state index contributed by atoms with van der Waals surface area (Å²) >= 11 is 0. The summed E-state index contributed by atoms with van der Waals surface area (Å²) in [5, 5.41) is 3.21. The predicted molar refractivity (Wildman–Crippen MR) is 70.5 cm³/mol. The number of rotatable bonds is 9. The maximum Gasteiger partial charge on any atom is 0.0519 e. The van der Waals surface area contributed by atoms with Crippen molar-refractivity contribution in [1.29, 1.82) is 0 Å². The van der Waals surface area contributed by atoms with Crippen LogP contribution in [0.15, 0.2) is 12.2 Å². The Kier molecular flexibility index (Phi) is 9.59. The van der Waals surface area contributed by atoms with Gasteiger partial charge in [0.15, 0.2) is 0 Å². The van der Waals surface area contributed by atoms with Gasteiger partial charge in [0.05, 0.1) is 12.7 Å². The average Bonchev–Trinajstić information content (AvgIpc) is 2.27. The SMILES string of the molecule is CNC(C)C/C=C/CC(CN)COC(C)C. The van der Waals surface area contributed by atoms with Crippen molar-refractivity contribution in [3.63, 3.8) is 0 Å². The predicted octanol–water partition coefficient (Wildman–Crippen LogP) is 1.93. The Bertz CT molecular complexity index is 181. The van der Waals surface area contributed by atoms with Gasteiger partial charge in [0.1, 0.15) is 0 Å². The molecule has 0 saturated carbocycles. The molecule has 0 aromatic rings. The fourth-order valence-electron chi connectivity index (χ4n) is 1.27. The van der Waals surface area contributed by atoms with Crippen LogP contribution in [0.5, 0.6) is 0 Å². The molecule has 3 heteroatoms. The Morgan fingerprint density at radius 2 is 1.81 bits per heavy atom. The van der Waals surface area contributed by atoms with Crippen LogP contribution in [0, 0.1) is 5.92 Å². The number of ether oxygens (including phenoxy) is 1. The molecular formula is C13H28N2O. The van der Waals surface area contributed by atoms with Crippen molar-refractivity contribution in [2.75, 3.05) is 20.2 Å². The third-order valence-corrected chi connectivity index (χ3v) is 2.62. The molecule has 0 amide bonds. The fourth-order valence-corrected chi connectivity index (χ4v) is 1.27. The van der Waals surface area contributed by atoms with Gasteiger partial charge in [0.25, 0.3) is 0 Å². The molecular weight excluding hydrogens is 200 g/mol. The monoisotopic (exact) mass is 228 g/mol. The van der Waals surface area contributed by atoms with E-state index in [9.17, 15) is 0 Å². The first kappa shape index (κ1) is 15.6. The minimum Gasteiger partial charge on any atom is -0.378 e. The van der Waals surface area contributed by atoms with Gasteiger partial charge in [0, 0.05) is 6.04 Å². The van der Waals surface area contributed by atoms with Crippen LogP contribution in [0.1, 0.15) is 33.6 Å². The first-order chi connectivity index (χ1) is 7.60. The lowest BCUT2D eigenvalue weighted by atomic mass is 10.1. The molecule has 0 rings (SSSR count). The van der Waals surface area contributed by atoms with E-state index in [1.54, 1.807) is 0 Å². The zero-order valence-corrected chi connectivity index (χ0v) is 11.2. The second-order valence-corrected chi connectivity index (χ2v) is 4.62. The summed E-state index contributed by atoms with van der Waals surface area (Å²) < 4.78 is 5.57. The number of nitrogens with one attached hydrogen (secondary N) is 1. The highest BCUT2D eigenvalue weighted by molar-refractivity contribution is 4.87. The van der Waals surface area contributed by atoms with E-state index in [0.29, 0.717) is 24.6 Å². The first-order valence-electron chi connectivity index (χ1n) is 6.24. The molecule has 0 radical (unpaired) electrons. The lowest BCUT2D eigenvalue weighted by Crippen LogP contribution is -2.21. The molecule has 0 fully saturated rings. The molecule has 0 spiro atoms. The molecule has 2 atom stereocenters. The van der Waals surface area contributed by atoms with Crippen LogP contribution >= 0.6 is 0 Å². The topological polar surface area (TPSA) is 47.3 Å². The maximum atomic E-state index is 5.70. The summed E-state index contributed by atoms with van der Waals surface area (Å²) in [5.74, 6) is 0.448. The second-order valence-electron chi connectivity index (χ2n) is 4.62. The van der Waals surface area contributed by atoms with Crippen LogP contribution in [0.25, 0.3) is 0 Å². The van der Waals surface area contributed by atoms with Gasteiger partial charge in [-0.2, -0.15) is 0 Å². The van der Waals surface area contributed by atoms with Gasteiger partial charge < -0.3 is 15.8 Å².